The number of carbonyl (C=O) groups excluding carboxylic acids is 1. The van der Waals surface area contributed by atoms with Gasteiger partial charge in [-0.05, 0) is 43.5 Å². The summed E-state index contributed by atoms with van der Waals surface area (Å²) in [6, 6.07) is 6.54. The fraction of sp³-hybridized carbons (Fsp3) is 0.278. The number of halogens is 1. The molecular weight excluding hydrogens is 335 g/mol. The Morgan fingerprint density at radius 2 is 2.08 bits per heavy atom. The first-order chi connectivity index (χ1) is 12.6. The molecule has 0 atom stereocenters. The van der Waals surface area contributed by atoms with E-state index in [1.165, 1.54) is 12.3 Å². The average molecular weight is 352 g/mol. The summed E-state index contributed by atoms with van der Waals surface area (Å²) in [6.45, 7) is 0. The zero-order chi connectivity index (χ0) is 18.1. The van der Waals surface area contributed by atoms with Crippen LogP contribution in [0.4, 0.5) is 10.2 Å². The van der Waals surface area contributed by atoms with Crippen LogP contribution >= 0.6 is 0 Å². The van der Waals surface area contributed by atoms with Crippen LogP contribution in [0, 0.1) is 5.82 Å². The molecule has 1 amide bonds. The molecule has 1 aliphatic heterocycles. The lowest BCUT2D eigenvalue weighted by atomic mass is 9.74. The van der Waals surface area contributed by atoms with Gasteiger partial charge in [0.15, 0.2) is 0 Å². The summed E-state index contributed by atoms with van der Waals surface area (Å²) in [4.78, 5) is 19.6. The number of carbonyl (C=O) groups is 1. The summed E-state index contributed by atoms with van der Waals surface area (Å²) in [7, 11) is 0. The maximum Gasteiger partial charge on any atom is 0.246 e. The molecule has 4 rings (SSSR count). The van der Waals surface area contributed by atoms with Crippen LogP contribution in [0.5, 0.6) is 0 Å². The van der Waals surface area contributed by atoms with E-state index in [1.807, 2.05) is 0 Å². The Kier molecular flexibility index (Phi) is 3.95. The zero-order valence-electron chi connectivity index (χ0n) is 13.9. The highest BCUT2D eigenvalue weighted by Gasteiger charge is 2.42. The van der Waals surface area contributed by atoms with Crippen molar-refractivity contribution in [1.82, 2.24) is 15.2 Å². The maximum atomic E-state index is 14.2. The van der Waals surface area contributed by atoms with E-state index in [4.69, 9.17) is 5.73 Å². The molecule has 7 nitrogen and oxygen atoms in total. The average Bonchev–Trinajstić information content (AvgIpc) is 3.10. The number of primary amides is 1. The number of nitrogens with zero attached hydrogens (tertiary/aromatic N) is 4. The third-order valence-corrected chi connectivity index (χ3v) is 4.80. The fourth-order valence-corrected chi connectivity index (χ4v) is 3.22. The third kappa shape index (κ3) is 2.83. The number of amides is 1. The summed E-state index contributed by atoms with van der Waals surface area (Å²) in [5, 5.41) is 11.6. The lowest BCUT2D eigenvalue weighted by molar-refractivity contribution is -0.114. The number of hydrogen-bond donors (Lipinski definition) is 2. The Labute approximate surface area is 149 Å². The molecule has 8 heteroatoms. The molecule has 2 aromatic heterocycles. The number of aliphatic imine (C=N–C) groups is 1. The van der Waals surface area contributed by atoms with Crippen LogP contribution in [0.25, 0.3) is 0 Å². The Morgan fingerprint density at radius 1 is 1.23 bits per heavy atom. The molecule has 0 bridgehead atoms. The summed E-state index contributed by atoms with van der Waals surface area (Å²) in [6.07, 6.45) is 5.95. The van der Waals surface area contributed by atoms with Gasteiger partial charge in [0, 0.05) is 24.4 Å². The van der Waals surface area contributed by atoms with Crippen molar-refractivity contribution in [2.75, 3.05) is 5.32 Å². The van der Waals surface area contributed by atoms with Crippen molar-refractivity contribution in [1.29, 1.82) is 0 Å². The van der Waals surface area contributed by atoms with E-state index in [1.54, 1.807) is 24.4 Å². The van der Waals surface area contributed by atoms with Gasteiger partial charge in [-0.25, -0.2) is 4.39 Å². The molecule has 26 heavy (non-hydrogen) atoms. The molecule has 1 fully saturated rings. The van der Waals surface area contributed by atoms with Crippen LogP contribution in [0.2, 0.25) is 0 Å². The Bertz CT molecular complexity index is 918. The summed E-state index contributed by atoms with van der Waals surface area (Å²) in [5.41, 5.74) is 6.79. The van der Waals surface area contributed by atoms with Gasteiger partial charge in [0.25, 0.3) is 0 Å². The highest BCUT2D eigenvalue weighted by Crippen LogP contribution is 2.43. The third-order valence-electron chi connectivity index (χ3n) is 4.80. The van der Waals surface area contributed by atoms with Crippen LogP contribution < -0.4 is 11.1 Å². The van der Waals surface area contributed by atoms with Gasteiger partial charge in [-0.15, -0.1) is 10.2 Å². The van der Waals surface area contributed by atoms with Crippen LogP contribution in [-0.2, 0) is 10.3 Å². The van der Waals surface area contributed by atoms with Gasteiger partial charge in [-0.1, -0.05) is 0 Å². The van der Waals surface area contributed by atoms with Crippen molar-refractivity contribution in [3.05, 3.63) is 59.4 Å². The second-order valence-electron chi connectivity index (χ2n) is 6.47. The molecule has 3 heterocycles. The molecule has 0 spiro atoms. The zero-order valence-corrected chi connectivity index (χ0v) is 13.9. The lowest BCUT2D eigenvalue weighted by Gasteiger charge is -2.42. The summed E-state index contributed by atoms with van der Waals surface area (Å²) in [5.74, 6) is -0.269. The summed E-state index contributed by atoms with van der Waals surface area (Å²) >= 11 is 0. The van der Waals surface area contributed by atoms with Gasteiger partial charge in [-0.3, -0.25) is 14.8 Å². The van der Waals surface area contributed by atoms with Crippen molar-refractivity contribution < 1.29 is 9.18 Å². The van der Waals surface area contributed by atoms with Crippen LogP contribution in [0.3, 0.4) is 0 Å². The van der Waals surface area contributed by atoms with E-state index >= 15 is 0 Å². The Hall–Kier alpha value is -3.16. The van der Waals surface area contributed by atoms with Crippen molar-refractivity contribution in [2.24, 2.45) is 10.7 Å². The van der Waals surface area contributed by atoms with Gasteiger partial charge in [0.05, 0.1) is 11.3 Å². The number of pyridine rings is 1. The molecule has 132 valence electrons. The van der Waals surface area contributed by atoms with Crippen molar-refractivity contribution in [3.8, 4) is 0 Å². The van der Waals surface area contributed by atoms with Gasteiger partial charge < -0.3 is 11.1 Å². The van der Waals surface area contributed by atoms with Crippen LogP contribution in [-0.4, -0.2) is 26.8 Å². The van der Waals surface area contributed by atoms with E-state index in [-0.39, 0.29) is 5.82 Å². The van der Waals surface area contributed by atoms with Crippen LogP contribution in [0.15, 0.2) is 47.2 Å². The predicted octanol–water partition coefficient (Wildman–Crippen LogP) is 2.06. The second-order valence-corrected chi connectivity index (χ2v) is 6.47. The monoisotopic (exact) mass is 352 g/mol. The number of anilines is 1. The molecule has 0 unspecified atom stereocenters. The van der Waals surface area contributed by atoms with Crippen molar-refractivity contribution >= 4 is 17.4 Å². The van der Waals surface area contributed by atoms with E-state index < -0.39 is 11.4 Å². The second kappa shape index (κ2) is 6.29. The first kappa shape index (κ1) is 16.3. The first-order valence-corrected chi connectivity index (χ1v) is 8.36. The number of aromatic nitrogens is 3. The highest BCUT2D eigenvalue weighted by molar-refractivity contribution is 6.08. The van der Waals surface area contributed by atoms with Crippen molar-refractivity contribution in [2.45, 2.75) is 31.2 Å². The fourth-order valence-electron chi connectivity index (χ4n) is 3.22. The quantitative estimate of drug-likeness (QED) is 0.857. The smallest absolute Gasteiger partial charge is 0.246 e. The minimum absolute atomic E-state index is 0.324. The molecule has 1 aliphatic carbocycles. The Balaban J connectivity index is 1.51. The van der Waals surface area contributed by atoms with Gasteiger partial charge >= 0.3 is 0 Å². The minimum atomic E-state index is -0.549. The molecule has 0 saturated heterocycles. The summed E-state index contributed by atoms with van der Waals surface area (Å²) < 4.78 is 14.2. The standard InChI is InChI=1S/C18H17FN6O/c19-12-3-1-8-21-16(12)18(6-2-7-18)23-15-5-4-13(24-25-15)14-9-11(10-22-14)17(20)26/h1,3-5,8,10H,2,6-7,9H2,(H2,20,26)(H,23,25). The molecule has 0 aromatic carbocycles. The van der Waals surface area contributed by atoms with E-state index in [0.717, 1.165) is 19.3 Å². The topological polar surface area (TPSA) is 106 Å². The molecule has 2 aromatic rings. The molecule has 3 N–H and O–H groups in total. The number of nitrogens with one attached hydrogen (secondary N) is 1. The minimum Gasteiger partial charge on any atom is -0.366 e. The van der Waals surface area contributed by atoms with E-state index in [2.05, 4.69) is 25.5 Å². The SMILES string of the molecule is NC(=O)C1=CN=C(c2ccc(NC3(c4ncccc4F)CCC3)nn2)C1. The van der Waals surface area contributed by atoms with Gasteiger partial charge in [-0.2, -0.15) is 0 Å². The predicted molar refractivity (Wildman–Crippen MR) is 93.8 cm³/mol. The van der Waals surface area contributed by atoms with E-state index in [9.17, 15) is 9.18 Å². The van der Waals surface area contributed by atoms with Gasteiger partial charge in [0.2, 0.25) is 5.91 Å². The van der Waals surface area contributed by atoms with Crippen LogP contribution in [0.1, 0.15) is 37.1 Å². The molecule has 1 saturated carbocycles. The molecule has 2 aliphatic rings. The number of nitrogens with two attached hydrogens (primary N) is 1. The number of rotatable bonds is 5. The highest BCUT2D eigenvalue weighted by atomic mass is 19.1. The van der Waals surface area contributed by atoms with E-state index in [0.29, 0.717) is 34.9 Å². The lowest BCUT2D eigenvalue weighted by Crippen LogP contribution is -2.43. The maximum absolute atomic E-state index is 14.2. The largest absolute Gasteiger partial charge is 0.366 e. The molecular formula is C18H17FN6O. The molecule has 0 radical (unpaired) electrons. The normalized spacial score (nSPS) is 17.9. The first-order valence-electron chi connectivity index (χ1n) is 8.36. The van der Waals surface area contributed by atoms with Crippen molar-refractivity contribution in [3.63, 3.8) is 0 Å². The Morgan fingerprint density at radius 3 is 2.65 bits per heavy atom. The number of hydrogen-bond acceptors (Lipinski definition) is 6. The van der Waals surface area contributed by atoms with Gasteiger partial charge in [0.1, 0.15) is 23.0 Å².